The van der Waals surface area contributed by atoms with E-state index >= 15 is 0 Å². The minimum Gasteiger partial charge on any atom is -0.384 e. The Kier molecular flexibility index (Phi) is 3.63. The lowest BCUT2D eigenvalue weighted by molar-refractivity contribution is 0.350. The molecule has 108 valence electrons. The molecule has 0 radical (unpaired) electrons. The molecule has 0 atom stereocenters. The van der Waals surface area contributed by atoms with E-state index in [0.717, 1.165) is 18.4 Å². The number of nitrogens with zero attached hydrogens (tertiary/aromatic N) is 2. The fourth-order valence-corrected chi connectivity index (χ4v) is 2.30. The van der Waals surface area contributed by atoms with Crippen molar-refractivity contribution < 1.29 is 9.50 Å². The van der Waals surface area contributed by atoms with Crippen molar-refractivity contribution >= 4 is 0 Å². The summed E-state index contributed by atoms with van der Waals surface area (Å²) in [6.07, 6.45) is 5.64. The van der Waals surface area contributed by atoms with E-state index in [1.165, 1.54) is 12.1 Å². The summed E-state index contributed by atoms with van der Waals surface area (Å²) in [5.74, 6) is 4.85. The number of aliphatic hydroxyl groups is 1. The summed E-state index contributed by atoms with van der Waals surface area (Å²) in [7, 11) is 0. The van der Waals surface area contributed by atoms with E-state index in [4.69, 9.17) is 5.11 Å². The highest BCUT2D eigenvalue weighted by Crippen LogP contribution is 2.33. The molecular formula is C16H15FN2O2. The van der Waals surface area contributed by atoms with Crippen LogP contribution in [0.5, 0.6) is 0 Å². The molecule has 1 aliphatic carbocycles. The van der Waals surface area contributed by atoms with Crippen LogP contribution in [0.15, 0.2) is 35.4 Å². The third kappa shape index (κ3) is 2.91. The smallest absolute Gasteiger partial charge is 0.328 e. The van der Waals surface area contributed by atoms with Crippen LogP contribution < -0.4 is 5.69 Å². The van der Waals surface area contributed by atoms with E-state index in [9.17, 15) is 9.18 Å². The standard InChI is InChI=1S/C16H15FN2O2/c17-14-4-3-13(12(10-14)2-1-9-20)11-18-7-8-19(16(18)21)15-5-6-15/h3-4,7-8,10,15,20H,5-6,9,11H2. The molecule has 1 fully saturated rings. The summed E-state index contributed by atoms with van der Waals surface area (Å²) in [4.78, 5) is 12.2. The SMILES string of the molecule is O=c1n(Cc2ccc(F)cc2C#CCO)ccn1C1CC1. The van der Waals surface area contributed by atoms with E-state index < -0.39 is 0 Å². The summed E-state index contributed by atoms with van der Waals surface area (Å²) >= 11 is 0. The van der Waals surface area contributed by atoms with Gasteiger partial charge in [0.05, 0.1) is 6.54 Å². The molecular weight excluding hydrogens is 271 g/mol. The van der Waals surface area contributed by atoms with Gasteiger partial charge in [-0.1, -0.05) is 17.9 Å². The molecule has 5 heteroatoms. The molecule has 4 nitrogen and oxygen atoms in total. The highest BCUT2D eigenvalue weighted by atomic mass is 19.1. The average Bonchev–Trinajstić information content (AvgIpc) is 3.25. The second-order valence-corrected chi connectivity index (χ2v) is 5.11. The molecule has 0 bridgehead atoms. The molecule has 1 saturated carbocycles. The maximum absolute atomic E-state index is 13.3. The molecule has 2 aromatic rings. The van der Waals surface area contributed by atoms with Crippen molar-refractivity contribution in [1.29, 1.82) is 0 Å². The fourth-order valence-electron chi connectivity index (χ4n) is 2.30. The van der Waals surface area contributed by atoms with Gasteiger partial charge in [-0.05, 0) is 30.5 Å². The Morgan fingerprint density at radius 3 is 2.86 bits per heavy atom. The van der Waals surface area contributed by atoms with E-state index in [1.807, 2.05) is 0 Å². The van der Waals surface area contributed by atoms with Crippen molar-refractivity contribution in [2.75, 3.05) is 6.61 Å². The quantitative estimate of drug-likeness (QED) is 0.870. The van der Waals surface area contributed by atoms with E-state index in [1.54, 1.807) is 27.6 Å². The Morgan fingerprint density at radius 1 is 1.33 bits per heavy atom. The molecule has 0 unspecified atom stereocenters. The molecule has 3 rings (SSSR count). The lowest BCUT2D eigenvalue weighted by Crippen LogP contribution is -2.24. The van der Waals surface area contributed by atoms with Gasteiger partial charge in [-0.25, -0.2) is 9.18 Å². The van der Waals surface area contributed by atoms with Crippen LogP contribution >= 0.6 is 0 Å². The molecule has 0 spiro atoms. The molecule has 1 aromatic carbocycles. The van der Waals surface area contributed by atoms with Crippen LogP contribution in [0.2, 0.25) is 0 Å². The first kappa shape index (κ1) is 13.7. The lowest BCUT2D eigenvalue weighted by atomic mass is 10.1. The van der Waals surface area contributed by atoms with Gasteiger partial charge in [0.2, 0.25) is 0 Å². The number of benzene rings is 1. The predicted octanol–water partition coefficient (Wildman–Crippen LogP) is 1.52. The number of hydrogen-bond acceptors (Lipinski definition) is 2. The normalized spacial score (nSPS) is 13.8. The fraction of sp³-hybridized carbons (Fsp3) is 0.312. The van der Waals surface area contributed by atoms with Crippen molar-refractivity contribution in [3.8, 4) is 11.8 Å². The molecule has 1 heterocycles. The first-order chi connectivity index (χ1) is 10.2. The van der Waals surface area contributed by atoms with E-state index in [-0.39, 0.29) is 18.1 Å². The van der Waals surface area contributed by atoms with Crippen LogP contribution in [0, 0.1) is 17.7 Å². The van der Waals surface area contributed by atoms with Gasteiger partial charge >= 0.3 is 5.69 Å². The number of aromatic nitrogens is 2. The molecule has 0 aliphatic heterocycles. The van der Waals surface area contributed by atoms with Gasteiger partial charge < -0.3 is 5.11 Å². The lowest BCUT2D eigenvalue weighted by Gasteiger charge is -2.06. The zero-order chi connectivity index (χ0) is 14.8. The van der Waals surface area contributed by atoms with E-state index in [2.05, 4.69) is 11.8 Å². The summed E-state index contributed by atoms with van der Waals surface area (Å²) < 4.78 is 16.6. The molecule has 0 saturated heterocycles. The molecule has 0 amide bonds. The first-order valence-corrected chi connectivity index (χ1v) is 6.84. The van der Waals surface area contributed by atoms with Gasteiger partial charge in [0.1, 0.15) is 12.4 Å². The number of aliphatic hydroxyl groups excluding tert-OH is 1. The number of imidazole rings is 1. The topological polar surface area (TPSA) is 47.2 Å². The average molecular weight is 286 g/mol. The van der Waals surface area contributed by atoms with Crippen LogP contribution in [0.4, 0.5) is 4.39 Å². The predicted molar refractivity (Wildman–Crippen MR) is 76.4 cm³/mol. The van der Waals surface area contributed by atoms with Crippen LogP contribution in [0.1, 0.15) is 30.0 Å². The van der Waals surface area contributed by atoms with Crippen LogP contribution in [-0.2, 0) is 6.54 Å². The van der Waals surface area contributed by atoms with Crippen molar-refractivity contribution in [2.24, 2.45) is 0 Å². The van der Waals surface area contributed by atoms with Crippen molar-refractivity contribution in [3.05, 3.63) is 58.0 Å². The second-order valence-electron chi connectivity index (χ2n) is 5.11. The van der Waals surface area contributed by atoms with Crippen molar-refractivity contribution in [3.63, 3.8) is 0 Å². The Bertz CT molecular complexity index is 776. The first-order valence-electron chi connectivity index (χ1n) is 6.84. The zero-order valence-electron chi connectivity index (χ0n) is 11.4. The monoisotopic (exact) mass is 286 g/mol. The Labute approximate surface area is 121 Å². The maximum Gasteiger partial charge on any atom is 0.328 e. The third-order valence-electron chi connectivity index (χ3n) is 3.53. The van der Waals surface area contributed by atoms with Crippen LogP contribution in [0.25, 0.3) is 0 Å². The number of halogens is 1. The Morgan fingerprint density at radius 2 is 2.14 bits per heavy atom. The Hall–Kier alpha value is -2.32. The highest BCUT2D eigenvalue weighted by Gasteiger charge is 2.25. The zero-order valence-corrected chi connectivity index (χ0v) is 11.4. The number of hydrogen-bond donors (Lipinski definition) is 1. The van der Waals surface area contributed by atoms with Crippen molar-refractivity contribution in [1.82, 2.24) is 9.13 Å². The van der Waals surface area contributed by atoms with E-state index in [0.29, 0.717) is 18.2 Å². The van der Waals surface area contributed by atoms with Gasteiger partial charge in [0.25, 0.3) is 0 Å². The van der Waals surface area contributed by atoms with Gasteiger partial charge in [0, 0.05) is 24.0 Å². The summed E-state index contributed by atoms with van der Waals surface area (Å²) in [6, 6.07) is 4.63. The summed E-state index contributed by atoms with van der Waals surface area (Å²) in [5.41, 5.74) is 1.20. The molecule has 1 aromatic heterocycles. The molecule has 21 heavy (non-hydrogen) atoms. The molecule has 1 aliphatic rings. The minimum atomic E-state index is -0.385. The second kappa shape index (κ2) is 5.58. The largest absolute Gasteiger partial charge is 0.384 e. The summed E-state index contributed by atoms with van der Waals surface area (Å²) in [6.45, 7) is 0.0578. The minimum absolute atomic E-state index is 0.0529. The number of rotatable bonds is 3. The van der Waals surface area contributed by atoms with Gasteiger partial charge in [-0.15, -0.1) is 0 Å². The maximum atomic E-state index is 13.3. The van der Waals surface area contributed by atoms with Gasteiger partial charge in [0.15, 0.2) is 0 Å². The van der Waals surface area contributed by atoms with Gasteiger partial charge in [-0.2, -0.15) is 0 Å². The third-order valence-corrected chi connectivity index (χ3v) is 3.53. The van der Waals surface area contributed by atoms with Crippen LogP contribution in [-0.4, -0.2) is 20.8 Å². The molecule has 1 N–H and O–H groups in total. The van der Waals surface area contributed by atoms with Gasteiger partial charge in [-0.3, -0.25) is 9.13 Å². The Balaban J connectivity index is 1.92. The van der Waals surface area contributed by atoms with Crippen LogP contribution in [0.3, 0.4) is 0 Å². The highest BCUT2D eigenvalue weighted by molar-refractivity contribution is 5.42. The van der Waals surface area contributed by atoms with Crippen molar-refractivity contribution in [2.45, 2.75) is 25.4 Å². The summed E-state index contributed by atoms with van der Waals surface area (Å²) in [5, 5.41) is 8.77.